The van der Waals surface area contributed by atoms with Gasteiger partial charge in [-0.3, -0.25) is 4.79 Å². The van der Waals surface area contributed by atoms with Gasteiger partial charge in [-0.05, 0) is 51.7 Å². The van der Waals surface area contributed by atoms with Gasteiger partial charge in [-0.1, -0.05) is 5.16 Å². The molecule has 0 radical (unpaired) electrons. The third-order valence-corrected chi connectivity index (χ3v) is 5.08. The van der Waals surface area contributed by atoms with Gasteiger partial charge in [0.05, 0.1) is 17.0 Å². The number of amides is 1. The standard InChI is InChI=1S/C20H22N6O2/c1-12-19(13(2)28-25-12)18-9-16(22-11-23-18)8-15-5-7-26(10-15)20(27)17-4-6-21-14(3)24-17/h4,6,9,11,15H,5,7-8,10H2,1-3H3/t15-/m1/s1. The molecule has 1 aliphatic heterocycles. The third kappa shape index (κ3) is 3.62. The predicted molar refractivity (Wildman–Crippen MR) is 101 cm³/mol. The molecular formula is C20H22N6O2. The smallest absolute Gasteiger partial charge is 0.272 e. The molecule has 0 N–H and O–H groups in total. The van der Waals surface area contributed by atoms with E-state index < -0.39 is 0 Å². The number of aryl methyl sites for hydroxylation is 3. The highest BCUT2D eigenvalue weighted by molar-refractivity contribution is 5.92. The van der Waals surface area contributed by atoms with Crippen molar-refractivity contribution < 1.29 is 9.32 Å². The highest BCUT2D eigenvalue weighted by Gasteiger charge is 2.28. The topological polar surface area (TPSA) is 97.9 Å². The van der Waals surface area contributed by atoms with Crippen LogP contribution in [0.1, 0.15) is 39.9 Å². The van der Waals surface area contributed by atoms with E-state index >= 15 is 0 Å². The quantitative estimate of drug-likeness (QED) is 0.688. The van der Waals surface area contributed by atoms with E-state index in [1.54, 1.807) is 25.5 Å². The molecule has 4 heterocycles. The molecule has 0 saturated carbocycles. The molecule has 3 aromatic heterocycles. The van der Waals surface area contributed by atoms with Crippen LogP contribution >= 0.6 is 0 Å². The van der Waals surface area contributed by atoms with Gasteiger partial charge in [0, 0.05) is 25.0 Å². The van der Waals surface area contributed by atoms with Gasteiger partial charge >= 0.3 is 0 Å². The Bertz CT molecular complexity index is 996. The van der Waals surface area contributed by atoms with E-state index in [1.807, 2.05) is 24.8 Å². The Balaban J connectivity index is 1.45. The van der Waals surface area contributed by atoms with E-state index in [1.165, 1.54) is 0 Å². The lowest BCUT2D eigenvalue weighted by Crippen LogP contribution is -2.29. The molecule has 4 rings (SSSR count). The van der Waals surface area contributed by atoms with Crippen LogP contribution in [0.25, 0.3) is 11.3 Å². The van der Waals surface area contributed by atoms with Gasteiger partial charge in [-0.2, -0.15) is 0 Å². The maximum absolute atomic E-state index is 12.7. The van der Waals surface area contributed by atoms with Crippen LogP contribution in [-0.4, -0.2) is 49.0 Å². The first-order valence-electron chi connectivity index (χ1n) is 9.34. The molecule has 3 aromatic rings. The molecular weight excluding hydrogens is 356 g/mol. The normalized spacial score (nSPS) is 16.5. The molecule has 1 atom stereocenters. The molecule has 0 aromatic carbocycles. The second kappa shape index (κ2) is 7.46. The van der Waals surface area contributed by atoms with Crippen molar-refractivity contribution in [3.05, 3.63) is 53.3 Å². The maximum atomic E-state index is 12.7. The number of carbonyl (C=O) groups excluding carboxylic acids is 1. The zero-order valence-electron chi connectivity index (χ0n) is 16.2. The minimum absolute atomic E-state index is 0.0351. The minimum atomic E-state index is -0.0351. The van der Waals surface area contributed by atoms with Gasteiger partial charge < -0.3 is 9.42 Å². The molecule has 0 unspecified atom stereocenters. The number of aromatic nitrogens is 5. The van der Waals surface area contributed by atoms with Crippen molar-refractivity contribution in [1.29, 1.82) is 0 Å². The van der Waals surface area contributed by atoms with Crippen LogP contribution in [0, 0.1) is 26.7 Å². The van der Waals surface area contributed by atoms with Crippen LogP contribution in [0.3, 0.4) is 0 Å². The molecule has 1 fully saturated rings. The van der Waals surface area contributed by atoms with Crippen molar-refractivity contribution in [3.63, 3.8) is 0 Å². The van der Waals surface area contributed by atoms with E-state index in [4.69, 9.17) is 4.52 Å². The van der Waals surface area contributed by atoms with E-state index in [9.17, 15) is 4.79 Å². The van der Waals surface area contributed by atoms with Crippen molar-refractivity contribution in [2.75, 3.05) is 13.1 Å². The molecule has 0 spiro atoms. The van der Waals surface area contributed by atoms with Gasteiger partial charge in [-0.25, -0.2) is 19.9 Å². The molecule has 28 heavy (non-hydrogen) atoms. The van der Waals surface area contributed by atoms with Gasteiger partial charge in [0.2, 0.25) is 0 Å². The Kier molecular flexibility index (Phi) is 4.85. The van der Waals surface area contributed by atoms with E-state index in [0.29, 0.717) is 24.0 Å². The molecule has 8 heteroatoms. The highest BCUT2D eigenvalue weighted by atomic mass is 16.5. The molecule has 1 aliphatic rings. The summed E-state index contributed by atoms with van der Waals surface area (Å²) in [5, 5.41) is 4.00. The first-order chi connectivity index (χ1) is 13.5. The number of hydrogen-bond acceptors (Lipinski definition) is 7. The zero-order valence-corrected chi connectivity index (χ0v) is 16.2. The Hall–Kier alpha value is -3.16. The summed E-state index contributed by atoms with van der Waals surface area (Å²) in [6.45, 7) is 7.01. The first kappa shape index (κ1) is 18.2. The number of carbonyl (C=O) groups is 1. The van der Waals surface area contributed by atoms with Gasteiger partial charge in [-0.15, -0.1) is 0 Å². The van der Waals surface area contributed by atoms with E-state index in [0.717, 1.165) is 47.8 Å². The summed E-state index contributed by atoms with van der Waals surface area (Å²) in [6, 6.07) is 3.66. The predicted octanol–water partition coefficient (Wildman–Crippen LogP) is 2.55. The fourth-order valence-corrected chi connectivity index (χ4v) is 3.71. The van der Waals surface area contributed by atoms with E-state index in [-0.39, 0.29) is 5.91 Å². The lowest BCUT2D eigenvalue weighted by molar-refractivity contribution is 0.0780. The van der Waals surface area contributed by atoms with Gasteiger partial charge in [0.1, 0.15) is 23.6 Å². The average molecular weight is 378 g/mol. The number of nitrogens with zero attached hydrogens (tertiary/aromatic N) is 6. The Morgan fingerprint density at radius 1 is 1.25 bits per heavy atom. The van der Waals surface area contributed by atoms with Gasteiger partial charge in [0.15, 0.2) is 0 Å². The molecule has 0 bridgehead atoms. The maximum Gasteiger partial charge on any atom is 0.272 e. The fraction of sp³-hybridized carbons (Fsp3) is 0.400. The second-order valence-electron chi connectivity index (χ2n) is 7.19. The van der Waals surface area contributed by atoms with Crippen molar-refractivity contribution in [2.45, 2.75) is 33.6 Å². The van der Waals surface area contributed by atoms with Crippen LogP contribution in [0.5, 0.6) is 0 Å². The van der Waals surface area contributed by atoms with Crippen molar-refractivity contribution in [2.24, 2.45) is 5.92 Å². The number of rotatable bonds is 4. The summed E-state index contributed by atoms with van der Waals surface area (Å²) >= 11 is 0. The zero-order chi connectivity index (χ0) is 19.7. The van der Waals surface area contributed by atoms with Crippen LogP contribution in [0.4, 0.5) is 0 Å². The molecule has 8 nitrogen and oxygen atoms in total. The first-order valence-corrected chi connectivity index (χ1v) is 9.34. The second-order valence-corrected chi connectivity index (χ2v) is 7.19. The summed E-state index contributed by atoms with van der Waals surface area (Å²) in [5.74, 6) is 1.68. The Morgan fingerprint density at radius 3 is 2.86 bits per heavy atom. The highest BCUT2D eigenvalue weighted by Crippen LogP contribution is 2.27. The van der Waals surface area contributed by atoms with Crippen LogP contribution in [-0.2, 0) is 6.42 Å². The Morgan fingerprint density at radius 2 is 2.11 bits per heavy atom. The lowest BCUT2D eigenvalue weighted by Gasteiger charge is -2.16. The summed E-state index contributed by atoms with van der Waals surface area (Å²) in [7, 11) is 0. The lowest BCUT2D eigenvalue weighted by atomic mass is 10.0. The fourth-order valence-electron chi connectivity index (χ4n) is 3.71. The number of hydrogen-bond donors (Lipinski definition) is 0. The third-order valence-electron chi connectivity index (χ3n) is 5.08. The number of likely N-dealkylation sites (tertiary alicyclic amines) is 1. The molecule has 1 saturated heterocycles. The summed E-state index contributed by atoms with van der Waals surface area (Å²) in [5.41, 5.74) is 3.98. The van der Waals surface area contributed by atoms with E-state index in [2.05, 4.69) is 25.1 Å². The van der Waals surface area contributed by atoms with Crippen molar-refractivity contribution >= 4 is 5.91 Å². The molecule has 1 amide bonds. The largest absolute Gasteiger partial charge is 0.361 e. The minimum Gasteiger partial charge on any atom is -0.361 e. The van der Waals surface area contributed by atoms with Crippen LogP contribution < -0.4 is 0 Å². The summed E-state index contributed by atoms with van der Waals surface area (Å²) < 4.78 is 5.25. The van der Waals surface area contributed by atoms with Crippen molar-refractivity contribution in [1.82, 2.24) is 30.0 Å². The van der Waals surface area contributed by atoms with Crippen LogP contribution in [0.15, 0.2) is 29.2 Å². The van der Waals surface area contributed by atoms with Crippen LogP contribution in [0.2, 0.25) is 0 Å². The summed E-state index contributed by atoms with van der Waals surface area (Å²) in [6.07, 6.45) is 4.95. The Labute approximate surface area is 163 Å². The van der Waals surface area contributed by atoms with Crippen molar-refractivity contribution in [3.8, 4) is 11.3 Å². The average Bonchev–Trinajstić information content (AvgIpc) is 3.28. The monoisotopic (exact) mass is 378 g/mol. The SMILES string of the molecule is Cc1nccc(C(=O)N2CC[C@H](Cc3cc(-c4c(C)noc4C)ncn3)C2)n1. The molecule has 0 aliphatic carbocycles. The molecule has 144 valence electrons. The summed E-state index contributed by atoms with van der Waals surface area (Å²) in [4.78, 5) is 31.6. The van der Waals surface area contributed by atoms with Gasteiger partial charge in [0.25, 0.3) is 5.91 Å².